The molecule has 0 radical (unpaired) electrons. The van der Waals surface area contributed by atoms with Crippen LogP contribution in [0.3, 0.4) is 0 Å². The molecular formula is C19H15F3N8O. The first-order chi connectivity index (χ1) is 14.8. The van der Waals surface area contributed by atoms with Crippen LogP contribution in [-0.2, 0) is 11.3 Å². The molecule has 1 saturated heterocycles. The molecule has 0 saturated carbocycles. The Morgan fingerprint density at radius 3 is 2.61 bits per heavy atom. The number of nitrogens with one attached hydrogen (secondary N) is 2. The minimum atomic E-state index is -0.837. The lowest BCUT2D eigenvalue weighted by Crippen LogP contribution is -2.38. The molecule has 0 spiro atoms. The number of nitrogens with zero attached hydrogens (tertiary/aromatic N) is 6. The van der Waals surface area contributed by atoms with Gasteiger partial charge in [0.2, 0.25) is 5.91 Å². The summed E-state index contributed by atoms with van der Waals surface area (Å²) in [6.07, 6.45) is 4.34. The van der Waals surface area contributed by atoms with Gasteiger partial charge in [-0.2, -0.15) is 5.10 Å². The lowest BCUT2D eigenvalue weighted by molar-refractivity contribution is -0.124. The number of carbonyl (C=O) groups excluding carboxylic acids is 1. The highest BCUT2D eigenvalue weighted by Gasteiger charge is 2.44. The van der Waals surface area contributed by atoms with Crippen molar-refractivity contribution >= 4 is 28.5 Å². The number of rotatable bonds is 3. The molecule has 3 aromatic rings. The Bertz CT molecular complexity index is 1290. The number of carbonyl (C=O) groups is 1. The van der Waals surface area contributed by atoms with Crippen LogP contribution >= 0.6 is 0 Å². The van der Waals surface area contributed by atoms with Crippen LogP contribution < -0.4 is 15.9 Å². The first-order valence-corrected chi connectivity index (χ1v) is 9.22. The monoisotopic (exact) mass is 428 g/mol. The molecular weight excluding hydrogens is 413 g/mol. The van der Waals surface area contributed by atoms with Gasteiger partial charge in [0.1, 0.15) is 23.2 Å². The third-order valence-corrected chi connectivity index (χ3v) is 5.21. The molecule has 3 aromatic heterocycles. The Balaban J connectivity index is 1.60. The van der Waals surface area contributed by atoms with Crippen LogP contribution in [-0.4, -0.2) is 31.4 Å². The van der Waals surface area contributed by atoms with Crippen molar-refractivity contribution in [2.24, 2.45) is 10.5 Å². The molecule has 2 aliphatic rings. The van der Waals surface area contributed by atoms with Crippen molar-refractivity contribution in [3.63, 3.8) is 0 Å². The summed E-state index contributed by atoms with van der Waals surface area (Å²) in [5.74, 6) is -2.32. The van der Waals surface area contributed by atoms with Crippen LogP contribution in [0.4, 0.5) is 19.0 Å². The van der Waals surface area contributed by atoms with E-state index in [1.165, 1.54) is 15.8 Å². The second-order valence-electron chi connectivity index (χ2n) is 7.64. The number of pyridine rings is 2. The second-order valence-corrected chi connectivity index (χ2v) is 7.64. The Morgan fingerprint density at radius 1 is 1.13 bits per heavy atom. The summed E-state index contributed by atoms with van der Waals surface area (Å²) in [6, 6.07) is 1.21. The van der Waals surface area contributed by atoms with Gasteiger partial charge in [0.15, 0.2) is 11.5 Å². The van der Waals surface area contributed by atoms with Gasteiger partial charge in [0.25, 0.3) is 0 Å². The van der Waals surface area contributed by atoms with Crippen LogP contribution in [0.1, 0.15) is 19.4 Å². The normalized spacial score (nSPS) is 17.2. The number of hydrazine groups is 1. The minimum Gasteiger partial charge on any atom is -0.322 e. The number of hydrazone groups is 1. The quantitative estimate of drug-likeness (QED) is 0.662. The summed E-state index contributed by atoms with van der Waals surface area (Å²) in [5, 5.41) is 13.0. The molecule has 31 heavy (non-hydrogen) atoms. The zero-order valence-corrected chi connectivity index (χ0v) is 16.3. The van der Waals surface area contributed by atoms with Crippen molar-refractivity contribution < 1.29 is 18.0 Å². The summed E-state index contributed by atoms with van der Waals surface area (Å²) in [4.78, 5) is 19.7. The average Bonchev–Trinajstić information content (AvgIpc) is 3.18. The lowest BCUT2D eigenvalue weighted by Gasteiger charge is -2.24. The van der Waals surface area contributed by atoms with Gasteiger partial charge >= 0.3 is 0 Å². The van der Waals surface area contributed by atoms with Crippen LogP contribution in [0, 0.1) is 22.9 Å². The van der Waals surface area contributed by atoms with E-state index in [2.05, 4.69) is 31.0 Å². The van der Waals surface area contributed by atoms with E-state index in [9.17, 15) is 18.0 Å². The van der Waals surface area contributed by atoms with E-state index in [0.717, 1.165) is 18.6 Å². The molecule has 0 aliphatic carbocycles. The fourth-order valence-corrected chi connectivity index (χ4v) is 3.49. The number of amides is 1. The van der Waals surface area contributed by atoms with Crippen molar-refractivity contribution in [2.45, 2.75) is 20.4 Å². The average molecular weight is 428 g/mol. The highest BCUT2D eigenvalue weighted by Crippen LogP contribution is 2.32. The Hall–Kier alpha value is -3.96. The summed E-state index contributed by atoms with van der Waals surface area (Å²) >= 11 is 0. The largest absolute Gasteiger partial charge is 0.322 e. The summed E-state index contributed by atoms with van der Waals surface area (Å²) < 4.78 is 43.4. The molecule has 2 aliphatic heterocycles. The van der Waals surface area contributed by atoms with Gasteiger partial charge in [0, 0.05) is 5.56 Å². The third kappa shape index (κ3) is 2.90. The Kier molecular flexibility index (Phi) is 4.00. The number of aromatic nitrogens is 4. The highest BCUT2D eigenvalue weighted by molar-refractivity contribution is 6.23. The van der Waals surface area contributed by atoms with Crippen LogP contribution in [0.15, 0.2) is 41.7 Å². The molecule has 5 heterocycles. The van der Waals surface area contributed by atoms with E-state index in [-0.39, 0.29) is 34.9 Å². The molecule has 0 atom stereocenters. The molecule has 158 valence electrons. The molecule has 1 amide bonds. The fourth-order valence-electron chi connectivity index (χ4n) is 3.49. The van der Waals surface area contributed by atoms with Crippen LogP contribution in [0.5, 0.6) is 0 Å². The SMILES string of the molecule is CC1(C)C(=O)NC2=CN(c3nn(Cc4c(F)cncc4F)c4ncc(F)cc34)NN=C21. The highest BCUT2D eigenvalue weighted by atomic mass is 19.1. The lowest BCUT2D eigenvalue weighted by atomic mass is 9.89. The predicted molar refractivity (Wildman–Crippen MR) is 104 cm³/mol. The van der Waals surface area contributed by atoms with Gasteiger partial charge in [-0.25, -0.2) is 33.4 Å². The zero-order chi connectivity index (χ0) is 21.9. The van der Waals surface area contributed by atoms with E-state index in [1.54, 1.807) is 20.0 Å². The standard InChI is InChI=1S/C19H15F3N8O/c1-19(2)15-14(25-18(19)31)8-30(28-26-15)17-10-3-9(20)4-24-16(10)29(27-17)7-11-12(21)5-23-6-13(11)22/h3-6,8,28H,7H2,1-2H3,(H,25,31). The Labute approximate surface area is 173 Å². The van der Waals surface area contributed by atoms with Crippen molar-refractivity contribution in [2.75, 3.05) is 5.01 Å². The molecule has 9 nitrogen and oxygen atoms in total. The van der Waals surface area contributed by atoms with E-state index in [1.807, 2.05) is 0 Å². The minimum absolute atomic E-state index is 0.186. The molecule has 0 unspecified atom stereocenters. The first-order valence-electron chi connectivity index (χ1n) is 9.22. The number of anilines is 1. The van der Waals surface area contributed by atoms with Gasteiger partial charge in [-0.3, -0.25) is 9.78 Å². The van der Waals surface area contributed by atoms with Gasteiger partial charge in [-0.05, 0) is 19.9 Å². The molecule has 0 bridgehead atoms. The fraction of sp³-hybridized carbons (Fsp3) is 0.211. The first kappa shape index (κ1) is 19.0. The molecule has 0 aromatic carbocycles. The second kappa shape index (κ2) is 6.52. The third-order valence-electron chi connectivity index (χ3n) is 5.21. The summed E-state index contributed by atoms with van der Waals surface area (Å²) in [5.41, 5.74) is 2.87. The molecule has 12 heteroatoms. The maximum absolute atomic E-state index is 14.1. The number of hydrogen-bond acceptors (Lipinski definition) is 7. The van der Waals surface area contributed by atoms with Crippen LogP contribution in [0.25, 0.3) is 11.0 Å². The van der Waals surface area contributed by atoms with Crippen molar-refractivity contribution in [1.82, 2.24) is 30.6 Å². The van der Waals surface area contributed by atoms with Crippen molar-refractivity contribution in [3.8, 4) is 0 Å². The topological polar surface area (TPSA) is 100 Å². The molecule has 2 N–H and O–H groups in total. The number of allylic oxidation sites excluding steroid dienone is 1. The van der Waals surface area contributed by atoms with E-state index >= 15 is 0 Å². The molecule has 5 rings (SSSR count). The van der Waals surface area contributed by atoms with Gasteiger partial charge in [-0.15, -0.1) is 5.10 Å². The number of fused-ring (bicyclic) bond motifs is 2. The summed E-state index contributed by atoms with van der Waals surface area (Å²) in [6.45, 7) is 3.18. The van der Waals surface area contributed by atoms with Crippen molar-refractivity contribution in [1.29, 1.82) is 0 Å². The number of hydrogen-bond donors (Lipinski definition) is 2. The van der Waals surface area contributed by atoms with Crippen molar-refractivity contribution in [3.05, 3.63) is 59.6 Å². The van der Waals surface area contributed by atoms with Gasteiger partial charge in [0.05, 0.1) is 47.8 Å². The van der Waals surface area contributed by atoms with E-state index < -0.39 is 22.9 Å². The summed E-state index contributed by atoms with van der Waals surface area (Å²) in [7, 11) is 0. The number of halogens is 3. The van der Waals surface area contributed by atoms with E-state index in [4.69, 9.17) is 0 Å². The Morgan fingerprint density at radius 2 is 1.87 bits per heavy atom. The predicted octanol–water partition coefficient (Wildman–Crippen LogP) is 1.97. The van der Waals surface area contributed by atoms with Gasteiger partial charge in [-0.1, -0.05) is 0 Å². The van der Waals surface area contributed by atoms with E-state index in [0.29, 0.717) is 11.4 Å². The zero-order valence-electron chi connectivity index (χ0n) is 16.3. The maximum atomic E-state index is 14.1. The van der Waals surface area contributed by atoms with Gasteiger partial charge < -0.3 is 5.32 Å². The maximum Gasteiger partial charge on any atom is 0.236 e. The molecule has 1 fully saturated rings. The van der Waals surface area contributed by atoms with Crippen LogP contribution in [0.2, 0.25) is 0 Å². The smallest absolute Gasteiger partial charge is 0.236 e.